The van der Waals surface area contributed by atoms with Gasteiger partial charge >= 0.3 is 0 Å². The van der Waals surface area contributed by atoms with Crippen LogP contribution in [0.2, 0.25) is 0 Å². The van der Waals surface area contributed by atoms with Crippen LogP contribution >= 0.6 is 15.9 Å². The van der Waals surface area contributed by atoms with Gasteiger partial charge in [0.2, 0.25) is 0 Å². The van der Waals surface area contributed by atoms with E-state index < -0.39 is 0 Å². The minimum absolute atomic E-state index is 0.716. The van der Waals surface area contributed by atoms with Gasteiger partial charge in [0, 0.05) is 55.1 Å². The van der Waals surface area contributed by atoms with Gasteiger partial charge in [-0.3, -0.25) is 14.8 Å². The normalized spacial score (nSPS) is 24.4. The number of hydrogen-bond donors (Lipinski definition) is 0. The molecule has 3 fully saturated rings. The third-order valence-corrected chi connectivity index (χ3v) is 5.64. The highest BCUT2D eigenvalue weighted by Crippen LogP contribution is 2.34. The number of pyridine rings is 1. The SMILES string of the molecule is Cc1ccccc1CN1C2CC1CN(Cc1cncc(Br)c1)C2. The van der Waals surface area contributed by atoms with E-state index in [-0.39, 0.29) is 0 Å². The first-order valence-electron chi connectivity index (χ1n) is 8.31. The monoisotopic (exact) mass is 371 g/mol. The van der Waals surface area contributed by atoms with Crippen molar-refractivity contribution in [1.29, 1.82) is 0 Å². The minimum atomic E-state index is 0.716. The maximum absolute atomic E-state index is 4.28. The molecule has 4 heterocycles. The lowest BCUT2D eigenvalue weighted by molar-refractivity contribution is -0.0775. The van der Waals surface area contributed by atoms with Crippen LogP contribution in [0.1, 0.15) is 23.1 Å². The maximum Gasteiger partial charge on any atom is 0.0410 e. The third-order valence-electron chi connectivity index (χ3n) is 5.20. The van der Waals surface area contributed by atoms with Gasteiger partial charge in [0.1, 0.15) is 0 Å². The molecule has 0 aliphatic carbocycles. The second-order valence-corrected chi connectivity index (χ2v) is 7.76. The van der Waals surface area contributed by atoms with E-state index in [1.807, 2.05) is 12.4 Å². The highest BCUT2D eigenvalue weighted by molar-refractivity contribution is 9.10. The fourth-order valence-electron chi connectivity index (χ4n) is 3.95. The molecule has 2 bridgehead atoms. The number of hydrogen-bond acceptors (Lipinski definition) is 3. The first-order chi connectivity index (χ1) is 11.2. The topological polar surface area (TPSA) is 19.4 Å². The van der Waals surface area contributed by atoms with Crippen LogP contribution in [0, 0.1) is 6.92 Å². The molecule has 3 nitrogen and oxygen atoms in total. The molecule has 1 aromatic heterocycles. The van der Waals surface area contributed by atoms with Crippen LogP contribution in [0.15, 0.2) is 47.2 Å². The average molecular weight is 372 g/mol. The number of aromatic nitrogens is 1. The molecule has 2 atom stereocenters. The van der Waals surface area contributed by atoms with Crippen molar-refractivity contribution in [1.82, 2.24) is 14.8 Å². The van der Waals surface area contributed by atoms with Crippen molar-refractivity contribution in [2.75, 3.05) is 13.1 Å². The van der Waals surface area contributed by atoms with Gasteiger partial charge < -0.3 is 0 Å². The number of halogens is 1. The van der Waals surface area contributed by atoms with Crippen LogP contribution < -0.4 is 0 Å². The van der Waals surface area contributed by atoms with Gasteiger partial charge in [0.25, 0.3) is 0 Å². The number of piperazine rings is 1. The Kier molecular flexibility index (Phi) is 4.22. The summed E-state index contributed by atoms with van der Waals surface area (Å²) in [5.41, 5.74) is 4.19. The summed E-state index contributed by atoms with van der Waals surface area (Å²) in [5.74, 6) is 0. The molecule has 1 aromatic carbocycles. The van der Waals surface area contributed by atoms with Gasteiger partial charge in [-0.05, 0) is 52.0 Å². The lowest BCUT2D eigenvalue weighted by atomic mass is 9.86. The molecule has 120 valence electrons. The predicted molar refractivity (Wildman–Crippen MR) is 96.1 cm³/mol. The highest BCUT2D eigenvalue weighted by atomic mass is 79.9. The van der Waals surface area contributed by atoms with Crippen molar-refractivity contribution in [2.45, 2.75) is 38.5 Å². The summed E-state index contributed by atoms with van der Waals surface area (Å²) >= 11 is 3.51. The third kappa shape index (κ3) is 3.21. The van der Waals surface area contributed by atoms with Crippen molar-refractivity contribution in [3.63, 3.8) is 0 Å². The second kappa shape index (κ2) is 6.34. The summed E-state index contributed by atoms with van der Waals surface area (Å²) in [6, 6.07) is 12.4. The lowest BCUT2D eigenvalue weighted by Crippen LogP contribution is -2.67. The Morgan fingerprint density at radius 2 is 1.91 bits per heavy atom. The molecule has 3 saturated heterocycles. The van der Waals surface area contributed by atoms with E-state index in [4.69, 9.17) is 0 Å². The molecule has 0 saturated carbocycles. The molecule has 4 heteroatoms. The number of aryl methyl sites for hydroxylation is 1. The largest absolute Gasteiger partial charge is 0.296 e. The molecule has 3 aliphatic heterocycles. The Labute approximate surface area is 146 Å². The standard InChI is InChI=1S/C19H22BrN3/c1-14-4-2-3-5-16(14)11-23-18-7-19(23)13-22(12-18)10-15-6-17(20)9-21-8-15/h2-6,8-9,18-19H,7,10-13H2,1H3. The Bertz CT molecular complexity index is 691. The Balaban J connectivity index is 1.38. The molecule has 0 amide bonds. The van der Waals surface area contributed by atoms with E-state index in [9.17, 15) is 0 Å². The first kappa shape index (κ1) is 15.3. The van der Waals surface area contributed by atoms with Crippen LogP contribution in [0.4, 0.5) is 0 Å². The Hall–Kier alpha value is -1.23. The van der Waals surface area contributed by atoms with Gasteiger partial charge in [-0.25, -0.2) is 0 Å². The molecular weight excluding hydrogens is 350 g/mol. The van der Waals surface area contributed by atoms with E-state index in [1.54, 1.807) is 0 Å². The van der Waals surface area contributed by atoms with Crippen LogP contribution in [-0.2, 0) is 13.1 Å². The Morgan fingerprint density at radius 3 is 2.65 bits per heavy atom. The van der Waals surface area contributed by atoms with E-state index in [0.717, 1.165) is 17.6 Å². The predicted octanol–water partition coefficient (Wildman–Crippen LogP) is 3.61. The quantitative estimate of drug-likeness (QED) is 0.818. The fourth-order valence-corrected chi connectivity index (χ4v) is 4.36. The number of benzene rings is 1. The summed E-state index contributed by atoms with van der Waals surface area (Å²) < 4.78 is 1.07. The summed E-state index contributed by atoms with van der Waals surface area (Å²) in [5, 5.41) is 0. The molecule has 0 N–H and O–H groups in total. The van der Waals surface area contributed by atoms with Crippen molar-refractivity contribution in [3.05, 3.63) is 63.9 Å². The molecule has 23 heavy (non-hydrogen) atoms. The van der Waals surface area contributed by atoms with Gasteiger partial charge in [-0.1, -0.05) is 24.3 Å². The zero-order valence-electron chi connectivity index (χ0n) is 13.5. The van der Waals surface area contributed by atoms with Crippen molar-refractivity contribution >= 4 is 15.9 Å². The molecular formula is C19H22BrN3. The van der Waals surface area contributed by atoms with E-state index in [0.29, 0.717) is 12.1 Å². The van der Waals surface area contributed by atoms with Crippen molar-refractivity contribution in [3.8, 4) is 0 Å². The smallest absolute Gasteiger partial charge is 0.0410 e. The molecule has 5 rings (SSSR count). The highest BCUT2D eigenvalue weighted by Gasteiger charge is 2.44. The molecule has 2 aromatic rings. The van der Waals surface area contributed by atoms with E-state index in [1.165, 1.54) is 36.2 Å². The minimum Gasteiger partial charge on any atom is -0.296 e. The van der Waals surface area contributed by atoms with E-state index >= 15 is 0 Å². The molecule has 3 aliphatic rings. The van der Waals surface area contributed by atoms with Gasteiger partial charge in [0.15, 0.2) is 0 Å². The molecule has 0 radical (unpaired) electrons. The van der Waals surface area contributed by atoms with Crippen LogP contribution in [0.3, 0.4) is 0 Å². The van der Waals surface area contributed by atoms with Gasteiger partial charge in [-0.15, -0.1) is 0 Å². The summed E-state index contributed by atoms with van der Waals surface area (Å²) in [6.07, 6.45) is 5.19. The zero-order chi connectivity index (χ0) is 15.8. The van der Waals surface area contributed by atoms with Gasteiger partial charge in [0.05, 0.1) is 0 Å². The number of rotatable bonds is 4. The summed E-state index contributed by atoms with van der Waals surface area (Å²) in [6.45, 7) is 6.69. The average Bonchev–Trinajstić information content (AvgIpc) is 2.54. The number of piperidine rings is 1. The number of nitrogens with zero attached hydrogens (tertiary/aromatic N) is 3. The van der Waals surface area contributed by atoms with Crippen LogP contribution in [0.25, 0.3) is 0 Å². The molecule has 2 unspecified atom stereocenters. The first-order valence-corrected chi connectivity index (χ1v) is 9.10. The van der Waals surface area contributed by atoms with Gasteiger partial charge in [-0.2, -0.15) is 0 Å². The number of fused-ring (bicyclic) bond motifs is 2. The van der Waals surface area contributed by atoms with Crippen LogP contribution in [-0.4, -0.2) is 40.0 Å². The zero-order valence-corrected chi connectivity index (χ0v) is 15.0. The maximum atomic E-state index is 4.28. The van der Waals surface area contributed by atoms with Crippen molar-refractivity contribution in [2.24, 2.45) is 0 Å². The summed E-state index contributed by atoms with van der Waals surface area (Å²) in [7, 11) is 0. The molecule has 0 spiro atoms. The second-order valence-electron chi connectivity index (χ2n) is 6.85. The lowest BCUT2D eigenvalue weighted by Gasteiger charge is -2.56. The fraction of sp³-hybridized carbons (Fsp3) is 0.421. The van der Waals surface area contributed by atoms with Crippen LogP contribution in [0.5, 0.6) is 0 Å². The van der Waals surface area contributed by atoms with Crippen molar-refractivity contribution < 1.29 is 0 Å². The van der Waals surface area contributed by atoms with E-state index in [2.05, 4.69) is 68.0 Å². The Morgan fingerprint density at radius 1 is 1.13 bits per heavy atom. The summed E-state index contributed by atoms with van der Waals surface area (Å²) in [4.78, 5) is 9.55.